The summed E-state index contributed by atoms with van der Waals surface area (Å²) in [5.41, 5.74) is 4.73. The van der Waals surface area contributed by atoms with Gasteiger partial charge in [0.25, 0.3) is 0 Å². The highest BCUT2D eigenvalue weighted by Crippen LogP contribution is 2.44. The number of carboxylic acids is 1. The minimum Gasteiger partial charge on any atom is -0.481 e. The molecule has 2 aromatic carbocycles. The number of aliphatic carboxylic acids is 1. The van der Waals surface area contributed by atoms with Crippen LogP contribution in [0.2, 0.25) is 0 Å². The first-order chi connectivity index (χ1) is 17.0. The molecule has 2 amide bonds. The third-order valence-corrected chi connectivity index (χ3v) is 7.90. The first-order valence-corrected chi connectivity index (χ1v) is 12.6. The zero-order valence-electron chi connectivity index (χ0n) is 19.7. The van der Waals surface area contributed by atoms with Crippen molar-refractivity contribution >= 4 is 18.0 Å². The number of carbonyl (C=O) groups is 3. The summed E-state index contributed by atoms with van der Waals surface area (Å²) in [6.07, 6.45) is 4.36. The zero-order chi connectivity index (χ0) is 24.4. The van der Waals surface area contributed by atoms with Crippen LogP contribution in [-0.4, -0.2) is 41.8 Å². The van der Waals surface area contributed by atoms with Gasteiger partial charge < -0.3 is 20.5 Å². The van der Waals surface area contributed by atoms with E-state index in [0.29, 0.717) is 25.7 Å². The molecule has 2 saturated carbocycles. The third kappa shape index (κ3) is 5.04. The van der Waals surface area contributed by atoms with Gasteiger partial charge in [-0.3, -0.25) is 9.59 Å². The summed E-state index contributed by atoms with van der Waals surface area (Å²) < 4.78 is 5.69. The number of benzene rings is 2. The molecule has 7 heteroatoms. The molecule has 0 heterocycles. The lowest BCUT2D eigenvalue weighted by molar-refractivity contribution is -0.141. The summed E-state index contributed by atoms with van der Waals surface area (Å²) in [6.45, 7) is 0.268. The average Bonchev–Trinajstić information content (AvgIpc) is 3.56. The summed E-state index contributed by atoms with van der Waals surface area (Å²) in [5.74, 6) is -1.14. The van der Waals surface area contributed by atoms with Crippen molar-refractivity contribution in [2.45, 2.75) is 62.9 Å². The van der Waals surface area contributed by atoms with Crippen LogP contribution in [0.3, 0.4) is 0 Å². The molecule has 0 radical (unpaired) electrons. The highest BCUT2D eigenvalue weighted by Gasteiger charge is 2.34. The number of fused-ring (bicyclic) bond motifs is 3. The zero-order valence-corrected chi connectivity index (χ0v) is 19.7. The van der Waals surface area contributed by atoms with Gasteiger partial charge in [-0.1, -0.05) is 55.0 Å². The van der Waals surface area contributed by atoms with Gasteiger partial charge in [0.15, 0.2) is 0 Å². The van der Waals surface area contributed by atoms with E-state index >= 15 is 0 Å². The lowest BCUT2D eigenvalue weighted by atomic mass is 9.98. The number of amides is 2. The molecule has 3 aliphatic rings. The molecule has 3 aliphatic carbocycles. The van der Waals surface area contributed by atoms with E-state index in [-0.39, 0.29) is 42.4 Å². The molecule has 0 bridgehead atoms. The van der Waals surface area contributed by atoms with E-state index in [9.17, 15) is 14.4 Å². The fraction of sp³-hybridized carbons (Fsp3) is 0.464. The molecule has 4 atom stereocenters. The number of hydrogen-bond acceptors (Lipinski definition) is 4. The maximum Gasteiger partial charge on any atom is 0.407 e. The Morgan fingerprint density at radius 1 is 0.886 bits per heavy atom. The lowest BCUT2D eigenvalue weighted by Crippen LogP contribution is -2.41. The van der Waals surface area contributed by atoms with Gasteiger partial charge in [0.1, 0.15) is 6.61 Å². The monoisotopic (exact) mass is 476 g/mol. The normalized spacial score (nSPS) is 25.0. The molecule has 0 aromatic heterocycles. The van der Waals surface area contributed by atoms with Crippen molar-refractivity contribution in [1.29, 1.82) is 0 Å². The first-order valence-electron chi connectivity index (χ1n) is 12.6. The number of carboxylic acid groups (broad SMARTS) is 1. The van der Waals surface area contributed by atoms with Gasteiger partial charge in [-0.05, 0) is 60.3 Å². The summed E-state index contributed by atoms with van der Waals surface area (Å²) in [5, 5.41) is 15.2. The van der Waals surface area contributed by atoms with Gasteiger partial charge in [-0.25, -0.2) is 4.79 Å². The van der Waals surface area contributed by atoms with E-state index in [4.69, 9.17) is 9.84 Å². The van der Waals surface area contributed by atoms with Crippen LogP contribution in [0.15, 0.2) is 48.5 Å². The maximum absolute atomic E-state index is 12.7. The summed E-state index contributed by atoms with van der Waals surface area (Å²) in [7, 11) is 0. The molecule has 0 spiro atoms. The largest absolute Gasteiger partial charge is 0.481 e. The predicted octanol–water partition coefficient (Wildman–Crippen LogP) is 4.45. The van der Waals surface area contributed by atoms with Crippen molar-refractivity contribution in [3.05, 3.63) is 59.7 Å². The van der Waals surface area contributed by atoms with Crippen LogP contribution in [0.5, 0.6) is 0 Å². The molecule has 35 heavy (non-hydrogen) atoms. The molecule has 184 valence electrons. The second kappa shape index (κ2) is 10.1. The molecular formula is C28H32N2O5. The number of hydrogen-bond donors (Lipinski definition) is 3. The van der Waals surface area contributed by atoms with E-state index in [1.54, 1.807) is 0 Å². The van der Waals surface area contributed by atoms with Gasteiger partial charge in [0.05, 0.1) is 5.92 Å². The van der Waals surface area contributed by atoms with Crippen molar-refractivity contribution < 1.29 is 24.2 Å². The Morgan fingerprint density at radius 3 is 2.23 bits per heavy atom. The second-order valence-corrected chi connectivity index (χ2v) is 10.1. The Kier molecular flexibility index (Phi) is 6.75. The third-order valence-electron chi connectivity index (χ3n) is 7.90. The fourth-order valence-corrected chi connectivity index (χ4v) is 6.12. The van der Waals surface area contributed by atoms with E-state index in [0.717, 1.165) is 19.3 Å². The first kappa shape index (κ1) is 23.4. The summed E-state index contributed by atoms with van der Waals surface area (Å²) >= 11 is 0. The van der Waals surface area contributed by atoms with E-state index in [2.05, 4.69) is 34.9 Å². The summed E-state index contributed by atoms with van der Waals surface area (Å²) in [4.78, 5) is 36.4. The Balaban J connectivity index is 1.13. The molecule has 7 nitrogen and oxygen atoms in total. The minimum absolute atomic E-state index is 0.0133. The fourth-order valence-electron chi connectivity index (χ4n) is 6.12. The number of carbonyl (C=O) groups excluding carboxylic acids is 2. The number of alkyl carbamates (subject to hydrolysis) is 1. The van der Waals surface area contributed by atoms with Gasteiger partial charge in [-0.15, -0.1) is 0 Å². The molecule has 0 unspecified atom stereocenters. The second-order valence-electron chi connectivity index (χ2n) is 10.1. The van der Waals surface area contributed by atoms with Crippen molar-refractivity contribution in [3.63, 3.8) is 0 Å². The molecule has 2 fully saturated rings. The molecule has 0 saturated heterocycles. The molecule has 0 aliphatic heterocycles. The molecule has 3 N–H and O–H groups in total. The van der Waals surface area contributed by atoms with Gasteiger partial charge in [0, 0.05) is 24.4 Å². The van der Waals surface area contributed by atoms with E-state index in [1.165, 1.54) is 22.3 Å². The van der Waals surface area contributed by atoms with Gasteiger partial charge >= 0.3 is 12.1 Å². The van der Waals surface area contributed by atoms with Crippen LogP contribution < -0.4 is 10.6 Å². The smallest absolute Gasteiger partial charge is 0.407 e. The van der Waals surface area contributed by atoms with Crippen LogP contribution >= 0.6 is 0 Å². The average molecular weight is 477 g/mol. The molecule has 5 rings (SSSR count). The van der Waals surface area contributed by atoms with Crippen molar-refractivity contribution in [3.8, 4) is 11.1 Å². The van der Waals surface area contributed by atoms with Gasteiger partial charge in [0.2, 0.25) is 5.91 Å². The SMILES string of the molecule is O=C(C[C@@H]1CCC[C@H]1NC(=O)OCC1c2ccccc2-c2ccccc21)N[C@@H]1CC[C@H](C(=O)O)C1. The highest BCUT2D eigenvalue weighted by atomic mass is 16.5. The standard InChI is InChI=1S/C28H32N2O5/c31-26(29-19-13-12-18(14-19)27(32)33)15-17-6-5-11-25(17)30-28(34)35-16-24-22-9-3-1-7-20(22)21-8-2-4-10-23(21)24/h1-4,7-10,17-19,24-25H,5-6,11-16H2,(H,29,31)(H,30,34)(H,32,33)/t17-,18-,19+,25+/m0/s1. The van der Waals surface area contributed by atoms with Gasteiger partial charge in [-0.2, -0.15) is 0 Å². The summed E-state index contributed by atoms with van der Waals surface area (Å²) in [6, 6.07) is 16.3. The topological polar surface area (TPSA) is 105 Å². The van der Waals surface area contributed by atoms with E-state index < -0.39 is 12.1 Å². The Hall–Kier alpha value is -3.35. The minimum atomic E-state index is -0.787. The van der Waals surface area contributed by atoms with Crippen molar-refractivity contribution in [1.82, 2.24) is 10.6 Å². The number of rotatable bonds is 7. The lowest BCUT2D eigenvalue weighted by Gasteiger charge is -2.22. The number of ether oxygens (including phenoxy) is 1. The van der Waals surface area contributed by atoms with E-state index in [1.807, 2.05) is 24.3 Å². The maximum atomic E-state index is 12.7. The molecular weight excluding hydrogens is 444 g/mol. The Bertz CT molecular complexity index is 1070. The van der Waals surface area contributed by atoms with Crippen molar-refractivity contribution in [2.24, 2.45) is 11.8 Å². The van der Waals surface area contributed by atoms with Crippen LogP contribution in [-0.2, 0) is 14.3 Å². The number of nitrogens with one attached hydrogen (secondary N) is 2. The predicted molar refractivity (Wildman–Crippen MR) is 131 cm³/mol. The highest BCUT2D eigenvalue weighted by molar-refractivity contribution is 5.79. The van der Waals surface area contributed by atoms with Crippen LogP contribution in [0.1, 0.15) is 62.0 Å². The quantitative estimate of drug-likeness (QED) is 0.548. The Morgan fingerprint density at radius 2 is 1.57 bits per heavy atom. The Labute approximate surface area is 205 Å². The van der Waals surface area contributed by atoms with Crippen LogP contribution in [0.25, 0.3) is 11.1 Å². The van der Waals surface area contributed by atoms with Crippen LogP contribution in [0, 0.1) is 11.8 Å². The van der Waals surface area contributed by atoms with Crippen molar-refractivity contribution in [2.75, 3.05) is 6.61 Å². The molecule has 2 aromatic rings. The van der Waals surface area contributed by atoms with Crippen LogP contribution in [0.4, 0.5) is 4.79 Å².